The quantitative estimate of drug-likeness (QED) is 0.616. The number of ether oxygens (including phenoxy) is 1. The van der Waals surface area contributed by atoms with Gasteiger partial charge in [-0.2, -0.15) is 0 Å². The maximum Gasteiger partial charge on any atom is 0.273 e. The molecule has 0 radical (unpaired) electrons. The first kappa shape index (κ1) is 14.4. The summed E-state index contributed by atoms with van der Waals surface area (Å²) in [6.45, 7) is 2.28. The van der Waals surface area contributed by atoms with E-state index in [-0.39, 0.29) is 24.0 Å². The maximum atomic E-state index is 11.5. The topological polar surface area (TPSA) is 72.7 Å². The fourth-order valence-electron chi connectivity index (χ4n) is 1.14. The molecule has 0 heterocycles. The number of benzene rings is 1. The first-order valence-electron chi connectivity index (χ1n) is 5.26. The summed E-state index contributed by atoms with van der Waals surface area (Å²) in [5, 5.41) is 10.6. The van der Waals surface area contributed by atoms with Crippen molar-refractivity contribution in [3.63, 3.8) is 0 Å². The van der Waals surface area contributed by atoms with Crippen LogP contribution in [-0.4, -0.2) is 35.9 Å². The molecule has 1 aromatic carbocycles. The number of rotatable bonds is 5. The van der Waals surface area contributed by atoms with Crippen LogP contribution in [-0.2, 0) is 4.79 Å². The van der Waals surface area contributed by atoms with Crippen molar-refractivity contribution in [2.75, 3.05) is 20.2 Å². The Kier molecular flexibility index (Phi) is 5.08. The van der Waals surface area contributed by atoms with Gasteiger partial charge >= 0.3 is 0 Å². The molecule has 0 aliphatic heterocycles. The number of likely N-dealkylation sites (N-methyl/N-ethyl adjacent to an activating group) is 1. The number of hydrogen-bond donors (Lipinski definition) is 0. The third-order valence-corrected chi connectivity index (χ3v) is 3.03. The number of carbonyl (C=O) groups is 1. The van der Waals surface area contributed by atoms with Gasteiger partial charge in [-0.15, -0.1) is 0 Å². The van der Waals surface area contributed by atoms with Gasteiger partial charge in [-0.3, -0.25) is 14.9 Å². The molecule has 0 bridgehead atoms. The van der Waals surface area contributed by atoms with Crippen molar-refractivity contribution >= 4 is 27.5 Å². The molecule has 18 heavy (non-hydrogen) atoms. The predicted octanol–water partition coefficient (Wildman–Crippen LogP) is 2.21. The number of halogens is 1. The van der Waals surface area contributed by atoms with E-state index in [0.29, 0.717) is 11.0 Å². The van der Waals surface area contributed by atoms with Crippen LogP contribution in [0.15, 0.2) is 22.7 Å². The molecule has 0 aliphatic carbocycles. The summed E-state index contributed by atoms with van der Waals surface area (Å²) in [5.74, 6) is 0.0953. The van der Waals surface area contributed by atoms with Gasteiger partial charge < -0.3 is 9.64 Å². The van der Waals surface area contributed by atoms with Crippen molar-refractivity contribution in [3.8, 4) is 5.75 Å². The molecule has 0 fully saturated rings. The summed E-state index contributed by atoms with van der Waals surface area (Å²) in [7, 11) is 1.66. The molecule has 0 spiro atoms. The van der Waals surface area contributed by atoms with Crippen LogP contribution in [0.2, 0.25) is 0 Å². The second-order valence-electron chi connectivity index (χ2n) is 3.57. The number of nitro benzene ring substituents is 1. The highest BCUT2D eigenvalue weighted by atomic mass is 79.9. The van der Waals surface area contributed by atoms with E-state index in [2.05, 4.69) is 15.9 Å². The van der Waals surface area contributed by atoms with Crippen molar-refractivity contribution < 1.29 is 14.5 Å². The molecule has 1 rings (SSSR count). The van der Waals surface area contributed by atoms with Gasteiger partial charge in [-0.25, -0.2) is 0 Å². The van der Waals surface area contributed by atoms with Crippen LogP contribution >= 0.6 is 15.9 Å². The summed E-state index contributed by atoms with van der Waals surface area (Å²) in [6, 6.07) is 4.15. The van der Waals surface area contributed by atoms with Crippen LogP contribution < -0.4 is 4.74 Å². The summed E-state index contributed by atoms with van der Waals surface area (Å²) < 4.78 is 5.84. The van der Waals surface area contributed by atoms with E-state index in [4.69, 9.17) is 4.74 Å². The minimum absolute atomic E-state index is 0.0792. The van der Waals surface area contributed by atoms with Gasteiger partial charge in [-0.05, 0) is 28.9 Å². The number of non-ortho nitro benzene ring substituents is 1. The predicted molar refractivity (Wildman–Crippen MR) is 69.6 cm³/mol. The normalized spacial score (nSPS) is 9.94. The van der Waals surface area contributed by atoms with Crippen LogP contribution in [0.5, 0.6) is 5.75 Å². The van der Waals surface area contributed by atoms with E-state index in [1.807, 2.05) is 6.92 Å². The Bertz CT molecular complexity index is 464. The monoisotopic (exact) mass is 316 g/mol. The van der Waals surface area contributed by atoms with E-state index in [9.17, 15) is 14.9 Å². The van der Waals surface area contributed by atoms with Crippen molar-refractivity contribution in [1.29, 1.82) is 0 Å². The molecular formula is C11H13BrN2O4. The standard InChI is InChI=1S/C11H13BrN2O4/c1-3-13(2)11(15)7-18-10-6-8(14(16)17)4-5-9(10)12/h4-6H,3,7H2,1-2H3. The molecule has 6 nitrogen and oxygen atoms in total. The summed E-state index contributed by atoms with van der Waals surface area (Å²) >= 11 is 3.21. The lowest BCUT2D eigenvalue weighted by molar-refractivity contribution is -0.385. The molecule has 0 saturated heterocycles. The summed E-state index contributed by atoms with van der Waals surface area (Å²) in [4.78, 5) is 23.1. The van der Waals surface area contributed by atoms with Crippen LogP contribution in [0.4, 0.5) is 5.69 Å². The zero-order valence-corrected chi connectivity index (χ0v) is 11.6. The summed E-state index contributed by atoms with van der Waals surface area (Å²) in [5.41, 5.74) is -0.0792. The van der Waals surface area contributed by atoms with E-state index >= 15 is 0 Å². The zero-order chi connectivity index (χ0) is 13.7. The molecular weight excluding hydrogens is 304 g/mol. The Balaban J connectivity index is 2.75. The summed E-state index contributed by atoms with van der Waals surface area (Å²) in [6.07, 6.45) is 0. The van der Waals surface area contributed by atoms with Gasteiger partial charge in [0.2, 0.25) is 0 Å². The van der Waals surface area contributed by atoms with Gasteiger partial charge in [0.05, 0.1) is 15.5 Å². The molecule has 0 N–H and O–H groups in total. The lowest BCUT2D eigenvalue weighted by atomic mass is 10.3. The molecule has 0 saturated carbocycles. The minimum Gasteiger partial charge on any atom is -0.482 e. The SMILES string of the molecule is CCN(C)C(=O)COc1cc([N+](=O)[O-])ccc1Br. The first-order valence-corrected chi connectivity index (χ1v) is 6.05. The number of carbonyl (C=O) groups excluding carboxylic acids is 1. The van der Waals surface area contributed by atoms with Gasteiger partial charge in [0.1, 0.15) is 5.75 Å². The molecule has 1 aromatic rings. The van der Waals surface area contributed by atoms with Crippen molar-refractivity contribution in [1.82, 2.24) is 4.90 Å². The van der Waals surface area contributed by atoms with Crippen molar-refractivity contribution in [3.05, 3.63) is 32.8 Å². The van der Waals surface area contributed by atoms with Gasteiger partial charge in [0.25, 0.3) is 11.6 Å². The van der Waals surface area contributed by atoms with E-state index in [1.54, 1.807) is 7.05 Å². The van der Waals surface area contributed by atoms with Gasteiger partial charge in [0.15, 0.2) is 6.61 Å². The fourth-order valence-corrected chi connectivity index (χ4v) is 1.50. The molecule has 0 aliphatic rings. The van der Waals surface area contributed by atoms with E-state index in [1.165, 1.54) is 23.1 Å². The zero-order valence-electron chi connectivity index (χ0n) is 10.1. The second-order valence-corrected chi connectivity index (χ2v) is 4.42. The lowest BCUT2D eigenvalue weighted by Gasteiger charge is -2.15. The molecule has 98 valence electrons. The minimum atomic E-state index is -0.515. The Morgan fingerprint density at radius 3 is 2.78 bits per heavy atom. The lowest BCUT2D eigenvalue weighted by Crippen LogP contribution is -2.31. The average molecular weight is 317 g/mol. The molecule has 0 aromatic heterocycles. The van der Waals surface area contributed by atoms with Gasteiger partial charge in [0, 0.05) is 19.7 Å². The maximum absolute atomic E-state index is 11.5. The van der Waals surface area contributed by atoms with Crippen LogP contribution in [0.25, 0.3) is 0 Å². The highest BCUT2D eigenvalue weighted by Gasteiger charge is 2.13. The van der Waals surface area contributed by atoms with Crippen LogP contribution in [0, 0.1) is 10.1 Å². The largest absolute Gasteiger partial charge is 0.482 e. The van der Waals surface area contributed by atoms with Crippen molar-refractivity contribution in [2.45, 2.75) is 6.92 Å². The Hall–Kier alpha value is -1.63. The average Bonchev–Trinajstić information content (AvgIpc) is 2.36. The molecule has 7 heteroatoms. The number of amides is 1. The molecule has 0 unspecified atom stereocenters. The van der Waals surface area contributed by atoms with E-state index < -0.39 is 4.92 Å². The number of nitrogens with zero attached hydrogens (tertiary/aromatic N) is 2. The fraction of sp³-hybridized carbons (Fsp3) is 0.364. The highest BCUT2D eigenvalue weighted by Crippen LogP contribution is 2.29. The van der Waals surface area contributed by atoms with Gasteiger partial charge in [-0.1, -0.05) is 0 Å². The smallest absolute Gasteiger partial charge is 0.273 e. The first-order chi connectivity index (χ1) is 8.45. The van der Waals surface area contributed by atoms with Crippen LogP contribution in [0.1, 0.15) is 6.92 Å². The Labute approximate surface area is 113 Å². The Morgan fingerprint density at radius 1 is 1.56 bits per heavy atom. The number of nitro groups is 1. The van der Waals surface area contributed by atoms with E-state index in [0.717, 1.165) is 0 Å². The number of hydrogen-bond acceptors (Lipinski definition) is 4. The highest BCUT2D eigenvalue weighted by molar-refractivity contribution is 9.10. The van der Waals surface area contributed by atoms with Crippen molar-refractivity contribution in [2.24, 2.45) is 0 Å². The molecule has 0 atom stereocenters. The third-order valence-electron chi connectivity index (χ3n) is 2.38. The second kappa shape index (κ2) is 6.34. The van der Waals surface area contributed by atoms with Crippen LogP contribution in [0.3, 0.4) is 0 Å². The third kappa shape index (κ3) is 3.69. The Morgan fingerprint density at radius 2 is 2.22 bits per heavy atom. The molecule has 1 amide bonds.